The molecule has 3 nitrogen and oxygen atoms in total. The summed E-state index contributed by atoms with van der Waals surface area (Å²) in [6.45, 7) is 0.500. The maximum atomic E-state index is 10.5. The van der Waals surface area contributed by atoms with E-state index in [1.54, 1.807) is 0 Å². The van der Waals surface area contributed by atoms with Crippen molar-refractivity contribution < 1.29 is 28.2 Å². The van der Waals surface area contributed by atoms with Gasteiger partial charge < -0.3 is 15.0 Å². The summed E-state index contributed by atoms with van der Waals surface area (Å²) in [5, 5.41) is 13.9. The molecule has 56 valence electrons. The van der Waals surface area contributed by atoms with Gasteiger partial charge in [0, 0.05) is 0 Å². The van der Waals surface area contributed by atoms with Crippen molar-refractivity contribution in [3.8, 4) is 0 Å². The average Bonchev–Trinajstić information content (AvgIpc) is 1.68. The summed E-state index contributed by atoms with van der Waals surface area (Å²) in [6.07, 6.45) is -2.69. The predicted octanol–water partition coefficient (Wildman–Crippen LogP) is 1.19. The largest absolute Gasteiger partial charge is 0.665 e. The summed E-state index contributed by atoms with van der Waals surface area (Å²) in [6, 6.07) is -2.41. The van der Waals surface area contributed by atoms with Gasteiger partial charge in [-0.2, -0.15) is 13.2 Å². The second-order valence-corrected chi connectivity index (χ2v) is 0.643. The molecule has 0 heterocycles. The van der Waals surface area contributed by atoms with Crippen molar-refractivity contribution in [2.75, 3.05) is 0 Å². The third-order valence-corrected chi connectivity index (χ3v) is 0.156. The molecule has 0 aliphatic heterocycles. The Morgan fingerprint density at radius 2 is 1.40 bits per heavy atom. The normalized spacial score (nSPS) is 5.90. The molecular weight excluding hydrogens is 408 g/mol. The van der Waals surface area contributed by atoms with Gasteiger partial charge in [0.05, 0.1) is 0 Å². The fourth-order valence-electron chi connectivity index (χ4n) is 0. The van der Waals surface area contributed by atoms with Gasteiger partial charge in [0.15, 0.2) is 0 Å². The van der Waals surface area contributed by atoms with Crippen molar-refractivity contribution in [2.24, 2.45) is 0 Å². The zero-order valence-corrected chi connectivity index (χ0v) is 11.0. The fraction of sp³-hybridized carbons (Fsp3) is 0. The van der Waals surface area contributed by atoms with E-state index in [9.17, 15) is 13.2 Å². The van der Waals surface area contributed by atoms with Crippen LogP contribution in [-0.2, 0) is 4.79 Å². The first kappa shape index (κ1) is 15.7. The summed E-state index contributed by atoms with van der Waals surface area (Å²) < 4.78 is 31.3. The third kappa shape index (κ3) is 41.2. The van der Waals surface area contributed by atoms with Crippen LogP contribution in [0.5, 0.6) is 0 Å². The molecule has 0 fully saturated rings. The monoisotopic (exact) mass is 410 g/mol. The molecule has 0 atom stereocenters. The predicted molar refractivity (Wildman–Crippen MR) is 21.3 cm³/mol. The number of hydrogen-bond acceptors (Lipinski definition) is 2. The molecule has 2 N–H and O–H groups in total. The quantitative estimate of drug-likeness (QED) is 0.466. The van der Waals surface area contributed by atoms with Crippen LogP contribution in [0.25, 0.3) is 0 Å². The molecule has 0 aliphatic carbocycles. The molecule has 0 saturated heterocycles. The molecule has 0 bridgehead atoms. The van der Waals surface area contributed by atoms with E-state index in [1.165, 1.54) is 0 Å². The SMILES string of the molecule is O=[C-]O.OC(F)=C(F)F.[Rf]. The van der Waals surface area contributed by atoms with Crippen molar-refractivity contribution >= 4 is 6.47 Å². The molecule has 0 unspecified atom stereocenters. The van der Waals surface area contributed by atoms with E-state index in [0.717, 1.165) is 0 Å². The Morgan fingerprint density at radius 1 is 1.30 bits per heavy atom. The van der Waals surface area contributed by atoms with Gasteiger partial charge >= 0.3 is 12.1 Å². The number of hydrogen-bond donors (Lipinski definition) is 2. The molecule has 0 amide bonds. The number of aliphatic hydroxyl groups excluding tert-OH is 2. The van der Waals surface area contributed by atoms with Crippen molar-refractivity contribution in [3.63, 3.8) is 0 Å². The Morgan fingerprint density at radius 3 is 1.40 bits per heavy atom. The molecule has 0 rings (SSSR count). The standard InChI is InChI=1S/C2HF3O.CHO2.Rf/c3-1(4)2(5)6;2-1-3;/h6H;(H,2,3);/q;-1;. The van der Waals surface area contributed by atoms with Crippen molar-refractivity contribution in [1.82, 2.24) is 0 Å². The van der Waals surface area contributed by atoms with Gasteiger partial charge in [-0.1, -0.05) is 6.47 Å². The van der Waals surface area contributed by atoms with Gasteiger partial charge in [0.2, 0.25) is 0 Å². The zero-order chi connectivity index (χ0) is 7.86. The van der Waals surface area contributed by atoms with Crippen molar-refractivity contribution in [3.05, 3.63) is 12.1 Å². The van der Waals surface area contributed by atoms with E-state index >= 15 is 0 Å². The molecule has 0 saturated carbocycles. The first-order valence-corrected chi connectivity index (χ1v) is 1.47. The molecule has 0 aromatic heterocycles. The molecule has 7 heteroatoms. The van der Waals surface area contributed by atoms with Gasteiger partial charge in [0.25, 0.3) is 0 Å². The van der Waals surface area contributed by atoms with Gasteiger partial charge in [-0.05, 0) is 0 Å². The Bertz CT molecular complexity index is 97.6. The van der Waals surface area contributed by atoms with Crippen molar-refractivity contribution in [2.45, 2.75) is 0 Å². The smallest absolute Gasteiger partial charge is 0.341 e. The molecule has 0 aliphatic rings. The average molecular weight is 410 g/mol. The Balaban J connectivity index is -0.000000107. The van der Waals surface area contributed by atoms with E-state index in [2.05, 4.69) is 0 Å². The summed E-state index contributed by atoms with van der Waals surface area (Å²) in [4.78, 5) is 8.24. The van der Waals surface area contributed by atoms with Crippen LogP contribution in [0.2, 0.25) is 0 Å². The van der Waals surface area contributed by atoms with Gasteiger partial charge in [-0.15, -0.1) is 0 Å². The van der Waals surface area contributed by atoms with E-state index in [1.807, 2.05) is 0 Å². The van der Waals surface area contributed by atoms with Crippen LogP contribution in [0.1, 0.15) is 0 Å². The Hall–Kier alpha value is -2.20. The van der Waals surface area contributed by atoms with E-state index in [4.69, 9.17) is 15.0 Å². The number of halogens is 3. The molecule has 10 heavy (non-hydrogen) atoms. The first-order chi connectivity index (χ1) is 4.06. The maximum absolute atomic E-state index is 10.5. The summed E-state index contributed by atoms with van der Waals surface area (Å²) >= 11 is 0. The molecule has 0 aromatic rings. The molecule has 0 aromatic carbocycles. The van der Waals surface area contributed by atoms with Crippen LogP contribution in [0.4, 0.5) is 13.2 Å². The van der Waals surface area contributed by atoms with Gasteiger partial charge in [-0.25, -0.2) is 0 Å². The van der Waals surface area contributed by atoms with Crippen LogP contribution in [0, 0.1) is 0 Å². The van der Waals surface area contributed by atoms with E-state index in [-0.39, 0.29) is 0 Å². The minimum Gasteiger partial charge on any atom is -0.665 e. The summed E-state index contributed by atoms with van der Waals surface area (Å²) in [5.74, 6) is 0. The second kappa shape index (κ2) is 9.93. The molecule has 0 spiro atoms. The number of rotatable bonds is 0. The summed E-state index contributed by atoms with van der Waals surface area (Å²) in [5.41, 5.74) is 0. The Kier molecular flexibility index (Phi) is 15.5. The van der Waals surface area contributed by atoms with E-state index < -0.39 is 12.1 Å². The minimum atomic E-state index is -2.69. The van der Waals surface area contributed by atoms with Crippen LogP contribution in [0.15, 0.2) is 12.1 Å². The minimum absolute atomic E-state index is 0. The topological polar surface area (TPSA) is 57.5 Å². The molecular formula is C3H2F3O3Rf-. The number of aliphatic hydroxyl groups is 1. The van der Waals surface area contributed by atoms with Gasteiger partial charge in [-0.3, -0.25) is 0 Å². The van der Waals surface area contributed by atoms with Crippen LogP contribution < -0.4 is 0 Å². The second-order valence-electron chi connectivity index (χ2n) is 0.643. The van der Waals surface area contributed by atoms with Crippen LogP contribution >= 0.6 is 0 Å². The van der Waals surface area contributed by atoms with Gasteiger partial charge in [0.1, 0.15) is 0 Å². The fourth-order valence-corrected chi connectivity index (χ4v) is 0. The first-order valence-electron chi connectivity index (χ1n) is 1.47. The Labute approximate surface area is 48.0 Å². The third-order valence-electron chi connectivity index (χ3n) is 0.156. The summed E-state index contributed by atoms with van der Waals surface area (Å²) in [7, 11) is 0. The van der Waals surface area contributed by atoms with E-state index in [0.29, 0.717) is 6.47 Å². The maximum Gasteiger partial charge on any atom is 0.341 e. The zero-order valence-electron chi connectivity index (χ0n) is 4.64. The van der Waals surface area contributed by atoms with Crippen LogP contribution in [-0.4, -0.2) is 16.7 Å². The molecule has 0 radical (unpaired) electrons. The van der Waals surface area contributed by atoms with Crippen LogP contribution in [0.3, 0.4) is 0 Å². The van der Waals surface area contributed by atoms with Crippen molar-refractivity contribution in [1.29, 1.82) is 0 Å².